The highest BCUT2D eigenvalue weighted by Crippen LogP contribution is 2.36. The third kappa shape index (κ3) is 5.89. The number of carbonyl (C=O) groups is 1. The summed E-state index contributed by atoms with van der Waals surface area (Å²) in [5.74, 6) is 0.368. The lowest BCUT2D eigenvalue weighted by Crippen LogP contribution is -2.20. The molecule has 170 valence electrons. The van der Waals surface area contributed by atoms with E-state index in [0.717, 1.165) is 41.7 Å². The van der Waals surface area contributed by atoms with Crippen molar-refractivity contribution in [3.05, 3.63) is 107 Å². The number of rotatable bonds is 9. The second kappa shape index (κ2) is 11.5. The molecular weight excluding hydrogens is 414 g/mol. The van der Waals surface area contributed by atoms with Crippen molar-refractivity contribution in [2.75, 3.05) is 20.3 Å². The van der Waals surface area contributed by atoms with Gasteiger partial charge < -0.3 is 9.47 Å². The molecular formula is C28H29NO4. The lowest BCUT2D eigenvalue weighted by molar-refractivity contribution is -0.142. The summed E-state index contributed by atoms with van der Waals surface area (Å²) in [6.07, 6.45) is 4.95. The molecule has 0 fully saturated rings. The Morgan fingerprint density at radius 3 is 2.30 bits per heavy atom. The van der Waals surface area contributed by atoms with Gasteiger partial charge in [-0.05, 0) is 47.6 Å². The van der Waals surface area contributed by atoms with E-state index in [1.54, 1.807) is 0 Å². The Balaban J connectivity index is 1.44. The number of hydrogen-bond donors (Lipinski definition) is 1. The van der Waals surface area contributed by atoms with Crippen LogP contribution in [0.25, 0.3) is 5.57 Å². The minimum absolute atomic E-state index is 0.0816. The molecule has 5 nitrogen and oxygen atoms in total. The van der Waals surface area contributed by atoms with Gasteiger partial charge in [-0.3, -0.25) is 4.84 Å². The van der Waals surface area contributed by atoms with E-state index < -0.39 is 0 Å². The Hall–Kier alpha value is -3.41. The first kappa shape index (κ1) is 22.8. The molecule has 0 atom stereocenters. The standard InChI is InChI=1S/C28H29NO4/c1-31-27(30)20-32-26-17-9-15-24-21(14-8-16-25(24)26)18-19-29-33-28(22-10-4-2-5-11-22)23-12-6-3-7-13-23/h2-7,9-13,15,17-18,28-29H,8,14,16,19-20H2,1H3/b21-18-. The first-order valence-electron chi connectivity index (χ1n) is 11.3. The maximum atomic E-state index is 11.5. The molecule has 33 heavy (non-hydrogen) atoms. The number of benzene rings is 3. The quantitative estimate of drug-likeness (QED) is 0.277. The van der Waals surface area contributed by atoms with Gasteiger partial charge in [0.15, 0.2) is 6.61 Å². The molecule has 0 radical (unpaired) electrons. The van der Waals surface area contributed by atoms with Gasteiger partial charge in [-0.1, -0.05) is 78.9 Å². The van der Waals surface area contributed by atoms with Gasteiger partial charge in [0, 0.05) is 12.1 Å². The Morgan fingerprint density at radius 1 is 0.939 bits per heavy atom. The minimum Gasteiger partial charge on any atom is -0.482 e. The van der Waals surface area contributed by atoms with Gasteiger partial charge in [0.2, 0.25) is 0 Å². The van der Waals surface area contributed by atoms with Gasteiger partial charge in [-0.2, -0.15) is 5.48 Å². The van der Waals surface area contributed by atoms with E-state index in [4.69, 9.17) is 9.57 Å². The summed E-state index contributed by atoms with van der Waals surface area (Å²) < 4.78 is 10.4. The summed E-state index contributed by atoms with van der Waals surface area (Å²) >= 11 is 0. The van der Waals surface area contributed by atoms with Crippen LogP contribution in [0, 0.1) is 0 Å². The topological polar surface area (TPSA) is 56.8 Å². The highest BCUT2D eigenvalue weighted by molar-refractivity contribution is 5.73. The summed E-state index contributed by atoms with van der Waals surface area (Å²) in [6, 6.07) is 26.4. The highest BCUT2D eigenvalue weighted by Gasteiger charge is 2.19. The van der Waals surface area contributed by atoms with Gasteiger partial charge in [0.05, 0.1) is 7.11 Å². The zero-order valence-corrected chi connectivity index (χ0v) is 18.8. The zero-order valence-electron chi connectivity index (χ0n) is 18.8. The first-order chi connectivity index (χ1) is 16.3. The fourth-order valence-electron chi connectivity index (χ4n) is 4.14. The van der Waals surface area contributed by atoms with Crippen LogP contribution in [0.1, 0.15) is 41.2 Å². The van der Waals surface area contributed by atoms with Crippen LogP contribution in [0.4, 0.5) is 0 Å². The third-order valence-electron chi connectivity index (χ3n) is 5.76. The monoisotopic (exact) mass is 443 g/mol. The van der Waals surface area contributed by atoms with Crippen molar-refractivity contribution < 1.29 is 19.1 Å². The molecule has 3 aromatic carbocycles. The van der Waals surface area contributed by atoms with Crippen molar-refractivity contribution >= 4 is 11.5 Å². The van der Waals surface area contributed by atoms with Crippen LogP contribution >= 0.6 is 0 Å². The third-order valence-corrected chi connectivity index (χ3v) is 5.76. The second-order valence-corrected chi connectivity index (χ2v) is 7.90. The molecule has 0 unspecified atom stereocenters. The van der Waals surface area contributed by atoms with E-state index in [2.05, 4.69) is 46.6 Å². The fraction of sp³-hybridized carbons (Fsp3) is 0.250. The van der Waals surface area contributed by atoms with E-state index in [9.17, 15) is 4.79 Å². The smallest absolute Gasteiger partial charge is 0.343 e. The second-order valence-electron chi connectivity index (χ2n) is 7.90. The number of hydroxylamine groups is 1. The molecule has 1 N–H and O–H groups in total. The van der Waals surface area contributed by atoms with E-state index >= 15 is 0 Å². The minimum atomic E-state index is -0.382. The van der Waals surface area contributed by atoms with Gasteiger partial charge >= 0.3 is 5.97 Å². The molecule has 0 saturated heterocycles. The number of fused-ring (bicyclic) bond motifs is 1. The number of hydrogen-bond acceptors (Lipinski definition) is 5. The lowest BCUT2D eigenvalue weighted by Gasteiger charge is -2.22. The van der Waals surface area contributed by atoms with E-state index in [-0.39, 0.29) is 18.7 Å². The van der Waals surface area contributed by atoms with Crippen LogP contribution < -0.4 is 10.2 Å². The Morgan fingerprint density at radius 2 is 1.64 bits per heavy atom. The number of nitrogens with one attached hydrogen (secondary N) is 1. The summed E-state index contributed by atoms with van der Waals surface area (Å²) in [6.45, 7) is 0.500. The predicted octanol–water partition coefficient (Wildman–Crippen LogP) is 5.27. The number of ether oxygens (including phenoxy) is 2. The number of methoxy groups -OCH3 is 1. The molecule has 0 spiro atoms. The lowest BCUT2D eigenvalue weighted by atomic mass is 9.86. The molecule has 1 aliphatic rings. The fourth-order valence-corrected chi connectivity index (χ4v) is 4.14. The SMILES string of the molecule is COC(=O)COc1cccc2c1CCC/C2=C/CNOC(c1ccccc1)c1ccccc1. The van der Waals surface area contributed by atoms with Crippen molar-refractivity contribution in [2.24, 2.45) is 0 Å². The molecule has 0 aliphatic heterocycles. The van der Waals surface area contributed by atoms with Crippen LogP contribution in [-0.4, -0.2) is 26.2 Å². The molecule has 0 aromatic heterocycles. The molecule has 0 heterocycles. The average molecular weight is 444 g/mol. The van der Waals surface area contributed by atoms with Gasteiger partial charge in [0.25, 0.3) is 0 Å². The molecule has 0 saturated carbocycles. The Bertz CT molecular complexity index is 1040. The molecule has 0 amide bonds. The molecule has 1 aliphatic carbocycles. The van der Waals surface area contributed by atoms with Crippen molar-refractivity contribution in [3.8, 4) is 5.75 Å². The number of carbonyl (C=O) groups excluding carboxylic acids is 1. The van der Waals surface area contributed by atoms with Crippen LogP contribution in [0.15, 0.2) is 84.9 Å². The summed E-state index contributed by atoms with van der Waals surface area (Å²) in [4.78, 5) is 17.6. The molecule has 4 rings (SSSR count). The van der Waals surface area contributed by atoms with Gasteiger partial charge in [0.1, 0.15) is 11.9 Å². The largest absolute Gasteiger partial charge is 0.482 e. The first-order valence-corrected chi connectivity index (χ1v) is 11.3. The molecule has 0 bridgehead atoms. The van der Waals surface area contributed by atoms with E-state index in [0.29, 0.717) is 6.54 Å². The zero-order chi connectivity index (χ0) is 22.9. The van der Waals surface area contributed by atoms with Crippen molar-refractivity contribution in [2.45, 2.75) is 25.4 Å². The predicted molar refractivity (Wildman–Crippen MR) is 129 cm³/mol. The maximum Gasteiger partial charge on any atom is 0.343 e. The van der Waals surface area contributed by atoms with Crippen LogP contribution in [0.3, 0.4) is 0 Å². The van der Waals surface area contributed by atoms with Gasteiger partial charge in [-0.25, -0.2) is 4.79 Å². The van der Waals surface area contributed by atoms with Crippen LogP contribution in [0.2, 0.25) is 0 Å². The Labute approximate surface area is 195 Å². The van der Waals surface area contributed by atoms with Crippen LogP contribution in [0.5, 0.6) is 5.75 Å². The van der Waals surface area contributed by atoms with E-state index in [1.807, 2.05) is 48.5 Å². The van der Waals surface area contributed by atoms with Crippen LogP contribution in [-0.2, 0) is 20.8 Å². The number of allylic oxidation sites excluding steroid dienone is 1. The summed E-state index contributed by atoms with van der Waals surface area (Å²) in [7, 11) is 1.36. The van der Waals surface area contributed by atoms with Crippen molar-refractivity contribution in [1.29, 1.82) is 0 Å². The van der Waals surface area contributed by atoms with Crippen molar-refractivity contribution in [3.63, 3.8) is 0 Å². The number of esters is 1. The van der Waals surface area contributed by atoms with E-state index in [1.165, 1.54) is 18.2 Å². The molecule has 3 aromatic rings. The summed E-state index contributed by atoms with van der Waals surface area (Å²) in [5, 5.41) is 0. The van der Waals surface area contributed by atoms with Crippen molar-refractivity contribution in [1.82, 2.24) is 5.48 Å². The Kier molecular flexibility index (Phi) is 7.90. The average Bonchev–Trinajstić information content (AvgIpc) is 2.88. The normalized spacial score (nSPS) is 14.2. The molecule has 5 heteroatoms. The summed E-state index contributed by atoms with van der Waals surface area (Å²) in [5.41, 5.74) is 8.92. The van der Waals surface area contributed by atoms with Gasteiger partial charge in [-0.15, -0.1) is 0 Å². The highest BCUT2D eigenvalue weighted by atomic mass is 16.7. The maximum absolute atomic E-state index is 11.5.